The molecule has 1 radical (unpaired) electrons. The van der Waals surface area contributed by atoms with Gasteiger partial charge in [-0.25, -0.2) is 0 Å². The summed E-state index contributed by atoms with van der Waals surface area (Å²) in [5, 5.41) is 0. The van der Waals surface area contributed by atoms with Gasteiger partial charge in [0, 0.05) is 11.1 Å². The summed E-state index contributed by atoms with van der Waals surface area (Å²) in [5.41, 5.74) is 4.48. The first-order valence-corrected chi connectivity index (χ1v) is 12.0. The highest BCUT2D eigenvalue weighted by Crippen LogP contribution is 2.38. The maximum absolute atomic E-state index is 13.3. The maximum Gasteiger partial charge on any atom is 0.243 e. The zero-order valence-corrected chi connectivity index (χ0v) is 20.4. The number of hydrogen-bond donors (Lipinski definition) is 0. The van der Waals surface area contributed by atoms with Crippen LogP contribution in [0.4, 0.5) is 0 Å². The molecule has 0 saturated carbocycles. The molecule has 0 N–H and O–H groups in total. The fourth-order valence-electron chi connectivity index (χ4n) is 3.89. The van der Waals surface area contributed by atoms with Crippen LogP contribution in [0.2, 0.25) is 0 Å². The van der Waals surface area contributed by atoms with Gasteiger partial charge in [-0.1, -0.05) is 65.0 Å². The van der Waals surface area contributed by atoms with Crippen LogP contribution in [0.25, 0.3) is 0 Å². The van der Waals surface area contributed by atoms with Gasteiger partial charge in [-0.2, -0.15) is 0 Å². The predicted octanol–water partition coefficient (Wildman–Crippen LogP) is 6.96. The lowest BCUT2D eigenvalue weighted by Crippen LogP contribution is -2.20. The van der Waals surface area contributed by atoms with Crippen LogP contribution in [0.3, 0.4) is 0 Å². The molecular formula is C26H34O3P. The lowest BCUT2D eigenvalue weighted by atomic mass is 9.84. The van der Waals surface area contributed by atoms with Crippen molar-refractivity contribution in [3.8, 4) is 0 Å². The minimum atomic E-state index is -2.39. The highest BCUT2D eigenvalue weighted by atomic mass is 31.1. The van der Waals surface area contributed by atoms with Crippen LogP contribution in [-0.2, 0) is 22.8 Å². The quantitative estimate of drug-likeness (QED) is 0.356. The van der Waals surface area contributed by atoms with Crippen molar-refractivity contribution in [2.24, 2.45) is 0 Å². The molecule has 0 aromatic heterocycles. The van der Waals surface area contributed by atoms with E-state index in [4.69, 9.17) is 0 Å². The fourth-order valence-corrected chi connectivity index (χ4v) is 5.16. The molecule has 2 rings (SSSR count). The summed E-state index contributed by atoms with van der Waals surface area (Å²) in [5.74, 6) is -0.194. The van der Waals surface area contributed by atoms with E-state index < -0.39 is 19.0 Å². The second-order valence-corrected chi connectivity index (χ2v) is 10.9. The third-order valence-corrected chi connectivity index (χ3v) is 7.35. The van der Waals surface area contributed by atoms with Gasteiger partial charge in [0.25, 0.3) is 0 Å². The van der Waals surface area contributed by atoms with Gasteiger partial charge in [-0.15, -0.1) is 0 Å². The van der Waals surface area contributed by atoms with Gasteiger partial charge in [0.2, 0.25) is 5.52 Å². The number of rotatable bonds is 7. The van der Waals surface area contributed by atoms with Crippen LogP contribution in [-0.4, -0.2) is 17.0 Å². The molecule has 2 atom stereocenters. The monoisotopic (exact) mass is 425 g/mol. The molecule has 0 saturated heterocycles. The third kappa shape index (κ3) is 4.78. The van der Waals surface area contributed by atoms with Crippen LogP contribution in [0.1, 0.15) is 90.1 Å². The summed E-state index contributed by atoms with van der Waals surface area (Å²) in [6.07, 6.45) is 1.44. The summed E-state index contributed by atoms with van der Waals surface area (Å²) >= 11 is 0. The lowest BCUT2D eigenvalue weighted by Gasteiger charge is -2.22. The average Bonchev–Trinajstić information content (AvgIpc) is 2.69. The number of carbonyl (C=O) groups excluding carboxylic acids is 2. The van der Waals surface area contributed by atoms with E-state index in [1.54, 1.807) is 6.92 Å². The van der Waals surface area contributed by atoms with Crippen LogP contribution in [0.5, 0.6) is 0 Å². The number of carbonyl (C=O) groups is 2. The van der Waals surface area contributed by atoms with Crippen molar-refractivity contribution in [1.29, 1.82) is 0 Å². The largest absolute Gasteiger partial charge is 0.293 e. The number of hydrogen-bond acceptors (Lipinski definition) is 3. The van der Waals surface area contributed by atoms with E-state index in [1.165, 1.54) is 0 Å². The molecule has 30 heavy (non-hydrogen) atoms. The summed E-state index contributed by atoms with van der Waals surface area (Å²) in [6.45, 7) is 15.8. The van der Waals surface area contributed by atoms with Gasteiger partial charge in [0.15, 0.2) is 13.6 Å². The molecule has 0 aliphatic heterocycles. The van der Waals surface area contributed by atoms with Crippen molar-refractivity contribution in [3.05, 3.63) is 69.3 Å². The van der Waals surface area contributed by atoms with Gasteiger partial charge < -0.3 is 0 Å². The lowest BCUT2D eigenvalue weighted by molar-refractivity contribution is 0.0981. The Balaban J connectivity index is 2.43. The van der Waals surface area contributed by atoms with Gasteiger partial charge in [-0.3, -0.25) is 14.2 Å². The second-order valence-electron chi connectivity index (χ2n) is 9.06. The molecular weight excluding hydrogens is 391 g/mol. The minimum Gasteiger partial charge on any atom is -0.293 e. The predicted molar refractivity (Wildman–Crippen MR) is 126 cm³/mol. The van der Waals surface area contributed by atoms with Gasteiger partial charge in [0.05, 0.1) is 5.66 Å². The van der Waals surface area contributed by atoms with Crippen molar-refractivity contribution >= 4 is 19.1 Å². The highest BCUT2D eigenvalue weighted by molar-refractivity contribution is 7.66. The summed E-state index contributed by atoms with van der Waals surface area (Å²) in [6, 6.07) is 9.82. The molecule has 2 aromatic rings. The molecule has 2 aromatic carbocycles. The third-order valence-electron chi connectivity index (χ3n) is 5.79. The molecule has 3 nitrogen and oxygen atoms in total. The summed E-state index contributed by atoms with van der Waals surface area (Å²) < 4.78 is 13.2. The molecule has 0 amide bonds. The van der Waals surface area contributed by atoms with Gasteiger partial charge in [0.1, 0.15) is 0 Å². The van der Waals surface area contributed by atoms with Crippen molar-refractivity contribution in [2.75, 3.05) is 0 Å². The molecule has 0 heterocycles. The fraction of sp³-hybridized carbons (Fsp3) is 0.462. The number of ketones is 1. The number of benzene rings is 2. The number of Topliss-reactive ketones (excluding diaryl/α,β-unsaturated/α-hetero) is 1. The first kappa shape index (κ1) is 24.2. The Hall–Kier alpha value is -2.12. The van der Waals surface area contributed by atoms with Crippen molar-refractivity contribution in [2.45, 2.75) is 79.3 Å². The Morgan fingerprint density at radius 3 is 1.80 bits per heavy atom. The molecule has 0 fully saturated rings. The van der Waals surface area contributed by atoms with Crippen LogP contribution < -0.4 is 0 Å². The molecule has 0 aliphatic rings. The van der Waals surface area contributed by atoms with E-state index >= 15 is 0 Å². The van der Waals surface area contributed by atoms with E-state index in [-0.39, 0.29) is 11.2 Å². The van der Waals surface area contributed by atoms with E-state index in [0.29, 0.717) is 11.1 Å². The molecule has 0 aliphatic carbocycles. The van der Waals surface area contributed by atoms with Gasteiger partial charge >= 0.3 is 0 Å². The molecule has 4 heteroatoms. The standard InChI is InChI=1S/C26H34O3P/c1-9-19-12-11-13-20(10-2)23(19)24(27)18(5)30(29)25(28)22-16(3)14-21(15-17(22)4)26(6,7)8/h11-15,18H,9-10H2,1-8H3. The summed E-state index contributed by atoms with van der Waals surface area (Å²) in [7, 11) is -2.39. The van der Waals surface area contributed by atoms with Crippen LogP contribution in [0.15, 0.2) is 30.3 Å². The normalized spacial score (nSPS) is 13.1. The van der Waals surface area contributed by atoms with E-state index in [2.05, 4.69) is 20.8 Å². The second kappa shape index (κ2) is 9.35. The highest BCUT2D eigenvalue weighted by Gasteiger charge is 2.32. The number of aryl methyl sites for hydroxylation is 4. The van der Waals surface area contributed by atoms with Gasteiger partial charge in [-0.05, 0) is 66.8 Å². The van der Waals surface area contributed by atoms with Crippen molar-refractivity contribution < 1.29 is 14.2 Å². The van der Waals surface area contributed by atoms with Crippen molar-refractivity contribution in [1.82, 2.24) is 0 Å². The van der Waals surface area contributed by atoms with Crippen LogP contribution in [0, 0.1) is 13.8 Å². The smallest absolute Gasteiger partial charge is 0.243 e. The minimum absolute atomic E-state index is 0.0387. The average molecular weight is 426 g/mol. The van der Waals surface area contributed by atoms with E-state index in [0.717, 1.165) is 40.7 Å². The maximum atomic E-state index is 13.3. The zero-order valence-electron chi connectivity index (χ0n) is 19.6. The molecule has 2 unspecified atom stereocenters. The molecule has 161 valence electrons. The SMILES string of the molecule is CCc1cccc(CC)c1C(=O)C(C)[P](=O)C(=O)c1c(C)cc(C(C)(C)C)cc1C. The Kier molecular flexibility index (Phi) is 7.53. The Morgan fingerprint density at radius 1 is 0.933 bits per heavy atom. The Morgan fingerprint density at radius 2 is 1.40 bits per heavy atom. The molecule has 0 spiro atoms. The Bertz CT molecular complexity index is 951. The summed E-state index contributed by atoms with van der Waals surface area (Å²) in [4.78, 5) is 26.5. The van der Waals surface area contributed by atoms with Crippen molar-refractivity contribution in [3.63, 3.8) is 0 Å². The Labute approximate surface area is 182 Å². The molecule has 0 bridgehead atoms. The first-order valence-electron chi connectivity index (χ1n) is 10.7. The van der Waals surface area contributed by atoms with Crippen LogP contribution >= 0.6 is 7.80 Å². The first-order chi connectivity index (χ1) is 13.9. The van der Waals surface area contributed by atoms with E-state index in [1.807, 2.05) is 58.0 Å². The zero-order chi connectivity index (χ0) is 22.8. The van der Waals surface area contributed by atoms with E-state index in [9.17, 15) is 14.2 Å². The topological polar surface area (TPSA) is 51.2 Å².